The fourth-order valence-electron chi connectivity index (χ4n) is 8.29. The van der Waals surface area contributed by atoms with Gasteiger partial charge in [0.05, 0.1) is 5.41 Å². The Bertz CT molecular complexity index is 2560. The summed E-state index contributed by atoms with van der Waals surface area (Å²) in [5.41, 5.74) is 12.0. The van der Waals surface area contributed by atoms with E-state index in [4.69, 9.17) is 9.47 Å². The van der Waals surface area contributed by atoms with Gasteiger partial charge < -0.3 is 9.47 Å². The van der Waals surface area contributed by atoms with Crippen LogP contribution in [0.2, 0.25) is 0 Å². The van der Waals surface area contributed by atoms with Crippen molar-refractivity contribution < 1.29 is 9.47 Å². The largest absolute Gasteiger partial charge is 0.449 e. The number of rotatable bonds is 1. The zero-order valence-electron chi connectivity index (χ0n) is 24.6. The first-order valence-electron chi connectivity index (χ1n) is 15.7. The van der Waals surface area contributed by atoms with E-state index in [0.29, 0.717) is 0 Å². The molecule has 0 amide bonds. The average molecular weight is 605 g/mol. The topological polar surface area (TPSA) is 18.5 Å². The molecule has 2 aliphatic carbocycles. The van der Waals surface area contributed by atoms with Crippen LogP contribution in [0.15, 0.2) is 146 Å². The smallest absolute Gasteiger partial charge is 0.178 e. The molecule has 1 spiro atoms. The minimum Gasteiger partial charge on any atom is -0.449 e. The lowest BCUT2D eigenvalue weighted by Crippen LogP contribution is -2.26. The van der Waals surface area contributed by atoms with Crippen LogP contribution >= 0.6 is 11.3 Å². The first-order chi connectivity index (χ1) is 22.8. The van der Waals surface area contributed by atoms with E-state index >= 15 is 0 Å². The predicted octanol–water partition coefficient (Wildman–Crippen LogP) is 12.0. The molecule has 3 aliphatic rings. The molecule has 1 aromatic heterocycles. The van der Waals surface area contributed by atoms with Gasteiger partial charge in [0, 0.05) is 25.7 Å². The molecular weight excluding hydrogens is 581 g/mol. The molecule has 214 valence electrons. The molecule has 0 fully saturated rings. The van der Waals surface area contributed by atoms with Crippen LogP contribution in [0.25, 0.3) is 53.6 Å². The van der Waals surface area contributed by atoms with Crippen molar-refractivity contribution in [2.45, 2.75) is 5.41 Å². The third-order valence-electron chi connectivity index (χ3n) is 10.2. The molecule has 7 aromatic carbocycles. The summed E-state index contributed by atoms with van der Waals surface area (Å²) in [7, 11) is 0. The highest BCUT2D eigenvalue weighted by atomic mass is 32.1. The molecule has 0 saturated heterocycles. The van der Waals surface area contributed by atoms with Crippen molar-refractivity contribution in [3.8, 4) is 56.4 Å². The highest BCUT2D eigenvalue weighted by Crippen LogP contribution is 2.66. The number of benzene rings is 7. The van der Waals surface area contributed by atoms with Crippen LogP contribution in [0.4, 0.5) is 0 Å². The maximum absolute atomic E-state index is 6.73. The Morgan fingerprint density at radius 2 is 1.07 bits per heavy atom. The molecule has 3 heteroatoms. The lowest BCUT2D eigenvalue weighted by Gasteiger charge is -2.31. The van der Waals surface area contributed by atoms with Crippen molar-refractivity contribution in [2.75, 3.05) is 0 Å². The molecule has 2 heterocycles. The Kier molecular flexibility index (Phi) is 4.69. The van der Waals surface area contributed by atoms with Crippen LogP contribution < -0.4 is 9.47 Å². The fourth-order valence-corrected chi connectivity index (χ4v) is 9.38. The number of ether oxygens (including phenoxy) is 2. The summed E-state index contributed by atoms with van der Waals surface area (Å²) in [6.45, 7) is 0. The van der Waals surface area contributed by atoms with Crippen LogP contribution in [0.5, 0.6) is 23.0 Å². The van der Waals surface area contributed by atoms with Gasteiger partial charge in [0.2, 0.25) is 0 Å². The summed E-state index contributed by atoms with van der Waals surface area (Å²) in [5, 5.41) is 2.63. The molecule has 0 N–H and O–H groups in total. The number of hydrogen-bond acceptors (Lipinski definition) is 3. The van der Waals surface area contributed by atoms with Crippen molar-refractivity contribution in [1.29, 1.82) is 0 Å². The second-order valence-electron chi connectivity index (χ2n) is 12.4. The summed E-state index contributed by atoms with van der Waals surface area (Å²) in [6, 6.07) is 52.8. The maximum atomic E-state index is 6.73. The van der Waals surface area contributed by atoms with E-state index in [1.54, 1.807) is 0 Å². The normalized spacial score (nSPS) is 14.2. The Morgan fingerprint density at radius 3 is 1.89 bits per heavy atom. The molecule has 46 heavy (non-hydrogen) atoms. The number of thiophene rings is 1. The summed E-state index contributed by atoms with van der Waals surface area (Å²) in [5.74, 6) is 3.02. The molecule has 0 atom stereocenters. The molecule has 2 nitrogen and oxygen atoms in total. The van der Waals surface area contributed by atoms with Gasteiger partial charge in [-0.25, -0.2) is 0 Å². The van der Waals surface area contributed by atoms with Gasteiger partial charge >= 0.3 is 0 Å². The molecular formula is C43H24O2S. The third-order valence-corrected chi connectivity index (χ3v) is 11.3. The summed E-state index contributed by atoms with van der Waals surface area (Å²) >= 11 is 1.86. The Balaban J connectivity index is 1.22. The van der Waals surface area contributed by atoms with E-state index in [-0.39, 0.29) is 0 Å². The highest BCUT2D eigenvalue weighted by Gasteiger charge is 2.53. The van der Waals surface area contributed by atoms with E-state index in [1.165, 1.54) is 70.2 Å². The monoisotopic (exact) mass is 604 g/mol. The number of para-hydroxylation sites is 2. The summed E-state index contributed by atoms with van der Waals surface area (Å²) in [6.07, 6.45) is 0. The first-order valence-corrected chi connectivity index (χ1v) is 16.5. The lowest BCUT2D eigenvalue weighted by atomic mass is 9.70. The van der Waals surface area contributed by atoms with Gasteiger partial charge in [-0.2, -0.15) is 0 Å². The zero-order valence-corrected chi connectivity index (χ0v) is 25.4. The average Bonchev–Trinajstić information content (AvgIpc) is 3.74. The minimum absolute atomic E-state index is 0.484. The standard InChI is InChI=1S/C43H24O2S/c1-4-12-32-27(9-1)28-10-2-5-13-33(28)43(32)34-20-21-38-42(45-37-15-7-6-14-36(37)44-38)41(34)30-19-17-26(24-35(30)43)25-18-22-40-31(23-25)29-11-3-8-16-39(29)46-40/h1-24H. The first kappa shape index (κ1) is 24.7. The van der Waals surface area contributed by atoms with Crippen LogP contribution in [-0.4, -0.2) is 0 Å². The fraction of sp³-hybridized carbons (Fsp3) is 0.0233. The zero-order chi connectivity index (χ0) is 30.0. The molecule has 0 unspecified atom stereocenters. The van der Waals surface area contributed by atoms with E-state index in [1.807, 2.05) is 35.6 Å². The van der Waals surface area contributed by atoms with Gasteiger partial charge in [-0.05, 0) is 92.5 Å². The molecule has 0 saturated carbocycles. The molecule has 8 aromatic rings. The van der Waals surface area contributed by atoms with E-state index < -0.39 is 5.41 Å². The number of fused-ring (bicyclic) bond motifs is 16. The van der Waals surface area contributed by atoms with Gasteiger partial charge in [-0.1, -0.05) is 103 Å². The Morgan fingerprint density at radius 1 is 0.413 bits per heavy atom. The van der Waals surface area contributed by atoms with Crippen LogP contribution in [0, 0.1) is 0 Å². The van der Waals surface area contributed by atoms with E-state index in [9.17, 15) is 0 Å². The van der Waals surface area contributed by atoms with Gasteiger partial charge in [-0.3, -0.25) is 0 Å². The predicted molar refractivity (Wildman–Crippen MR) is 188 cm³/mol. The molecule has 11 rings (SSSR count). The Hall–Kier alpha value is -5.64. The number of hydrogen-bond donors (Lipinski definition) is 0. The quantitative estimate of drug-likeness (QED) is 0.186. The van der Waals surface area contributed by atoms with Crippen LogP contribution in [0.1, 0.15) is 22.3 Å². The van der Waals surface area contributed by atoms with E-state index in [0.717, 1.165) is 28.6 Å². The second kappa shape index (κ2) is 8.75. The second-order valence-corrected chi connectivity index (χ2v) is 13.5. The van der Waals surface area contributed by atoms with Gasteiger partial charge in [0.25, 0.3) is 0 Å². The van der Waals surface area contributed by atoms with E-state index in [2.05, 4.69) is 121 Å². The van der Waals surface area contributed by atoms with Crippen molar-refractivity contribution in [3.63, 3.8) is 0 Å². The van der Waals surface area contributed by atoms with Gasteiger partial charge in [0.15, 0.2) is 23.0 Å². The Labute approximate surface area is 269 Å². The lowest BCUT2D eigenvalue weighted by molar-refractivity contribution is 0.360. The van der Waals surface area contributed by atoms with Crippen molar-refractivity contribution in [2.24, 2.45) is 0 Å². The maximum Gasteiger partial charge on any atom is 0.178 e. The molecule has 0 bridgehead atoms. The van der Waals surface area contributed by atoms with Crippen molar-refractivity contribution in [3.05, 3.63) is 168 Å². The van der Waals surface area contributed by atoms with Gasteiger partial charge in [-0.15, -0.1) is 11.3 Å². The van der Waals surface area contributed by atoms with Gasteiger partial charge in [0.1, 0.15) is 0 Å². The third kappa shape index (κ3) is 3.01. The van der Waals surface area contributed by atoms with Crippen molar-refractivity contribution >= 4 is 31.5 Å². The van der Waals surface area contributed by atoms with Crippen LogP contribution in [-0.2, 0) is 5.41 Å². The molecule has 1 aliphatic heterocycles. The minimum atomic E-state index is -0.484. The summed E-state index contributed by atoms with van der Waals surface area (Å²) < 4.78 is 15.8. The molecule has 0 radical (unpaired) electrons. The van der Waals surface area contributed by atoms with Crippen molar-refractivity contribution in [1.82, 2.24) is 0 Å². The summed E-state index contributed by atoms with van der Waals surface area (Å²) in [4.78, 5) is 0. The highest BCUT2D eigenvalue weighted by molar-refractivity contribution is 7.25. The SMILES string of the molecule is c1ccc2c(c1)Oc1ccc3c(c1O2)-c1ccc(-c2ccc4sc5ccccc5c4c2)cc1C31c2ccccc2-c2ccccc21. The van der Waals surface area contributed by atoms with Crippen LogP contribution in [0.3, 0.4) is 0 Å².